The zero-order valence-electron chi connectivity index (χ0n) is 12.3. The van der Waals surface area contributed by atoms with E-state index < -0.39 is 0 Å². The monoisotopic (exact) mass is 315 g/mol. The summed E-state index contributed by atoms with van der Waals surface area (Å²) < 4.78 is 7.34. The van der Waals surface area contributed by atoms with Crippen LogP contribution in [0.2, 0.25) is 0 Å². The lowest BCUT2D eigenvalue weighted by Gasteiger charge is -2.11. The number of cyclic esters (lactones) is 1. The van der Waals surface area contributed by atoms with Crippen molar-refractivity contribution in [2.45, 2.75) is 48.6 Å². The quantitative estimate of drug-likeness (QED) is 0.812. The Hall–Kier alpha value is -1.82. The number of carbonyl (C=O) groups is 1. The highest BCUT2D eigenvalue weighted by atomic mass is 32.2. The number of benzene rings is 1. The smallest absolute Gasteiger partial charge is 0.319 e. The normalized spacial score (nSPS) is 24.5. The average Bonchev–Trinajstić information content (AvgIpc) is 3.20. The average molecular weight is 315 g/mol. The van der Waals surface area contributed by atoms with Gasteiger partial charge in [0.2, 0.25) is 0 Å². The van der Waals surface area contributed by atoms with E-state index in [1.807, 2.05) is 25.1 Å². The second-order valence-corrected chi connectivity index (χ2v) is 7.05. The lowest BCUT2D eigenvalue weighted by Crippen LogP contribution is -2.11. The number of aromatic nitrogens is 3. The molecule has 5 nitrogen and oxygen atoms in total. The van der Waals surface area contributed by atoms with Crippen LogP contribution in [0.25, 0.3) is 5.69 Å². The third kappa shape index (κ3) is 2.52. The summed E-state index contributed by atoms with van der Waals surface area (Å²) in [6.45, 7) is 1.93. The highest BCUT2D eigenvalue weighted by molar-refractivity contribution is 8.00. The summed E-state index contributed by atoms with van der Waals surface area (Å²) in [5, 5.41) is 9.32. The molecule has 2 atom stereocenters. The SMILES string of the molecule is C[C@@H]1C[C@@H](Sc2nnc(C3CC3)n2-c2ccccc2)C(=O)O1. The summed E-state index contributed by atoms with van der Waals surface area (Å²) in [6, 6.07) is 10.1. The van der Waals surface area contributed by atoms with Crippen molar-refractivity contribution in [3.8, 4) is 5.69 Å². The van der Waals surface area contributed by atoms with Gasteiger partial charge in [-0.2, -0.15) is 0 Å². The summed E-state index contributed by atoms with van der Waals surface area (Å²) in [5.74, 6) is 1.36. The van der Waals surface area contributed by atoms with Crippen LogP contribution in [0.3, 0.4) is 0 Å². The molecule has 0 N–H and O–H groups in total. The van der Waals surface area contributed by atoms with Crippen LogP contribution < -0.4 is 0 Å². The van der Waals surface area contributed by atoms with Crippen LogP contribution in [0.15, 0.2) is 35.5 Å². The molecule has 114 valence electrons. The van der Waals surface area contributed by atoms with Gasteiger partial charge in [0.05, 0.1) is 0 Å². The maximum atomic E-state index is 11.9. The van der Waals surface area contributed by atoms with Crippen LogP contribution in [-0.4, -0.2) is 32.1 Å². The first kappa shape index (κ1) is 13.8. The number of nitrogens with zero attached hydrogens (tertiary/aromatic N) is 3. The van der Waals surface area contributed by atoms with E-state index in [0.29, 0.717) is 5.92 Å². The molecule has 2 heterocycles. The molecule has 4 rings (SSSR count). The van der Waals surface area contributed by atoms with E-state index in [2.05, 4.69) is 26.9 Å². The number of esters is 1. The Balaban J connectivity index is 1.69. The molecule has 0 bridgehead atoms. The third-order valence-electron chi connectivity index (χ3n) is 3.99. The van der Waals surface area contributed by atoms with Crippen molar-refractivity contribution >= 4 is 17.7 Å². The van der Waals surface area contributed by atoms with Gasteiger partial charge >= 0.3 is 5.97 Å². The van der Waals surface area contributed by atoms with E-state index >= 15 is 0 Å². The van der Waals surface area contributed by atoms with Crippen molar-refractivity contribution in [1.29, 1.82) is 0 Å². The first-order valence-corrected chi connectivity index (χ1v) is 8.48. The zero-order valence-corrected chi connectivity index (χ0v) is 13.1. The Labute approximate surface area is 133 Å². The second-order valence-electron chi connectivity index (χ2n) is 5.88. The van der Waals surface area contributed by atoms with E-state index in [0.717, 1.165) is 35.9 Å². The molecule has 2 aliphatic rings. The maximum absolute atomic E-state index is 11.9. The number of carbonyl (C=O) groups excluding carboxylic acids is 1. The molecule has 1 aromatic carbocycles. The topological polar surface area (TPSA) is 57.0 Å². The third-order valence-corrected chi connectivity index (χ3v) is 5.13. The molecule has 2 aromatic rings. The van der Waals surface area contributed by atoms with Crippen molar-refractivity contribution in [2.75, 3.05) is 0 Å². The minimum atomic E-state index is -0.186. The predicted molar refractivity (Wildman–Crippen MR) is 83.2 cm³/mol. The molecule has 2 fully saturated rings. The van der Waals surface area contributed by atoms with Gasteiger partial charge < -0.3 is 4.74 Å². The summed E-state index contributed by atoms with van der Waals surface area (Å²) in [4.78, 5) is 11.9. The Morgan fingerprint density at radius 3 is 2.64 bits per heavy atom. The van der Waals surface area contributed by atoms with Crippen LogP contribution >= 0.6 is 11.8 Å². The highest BCUT2D eigenvalue weighted by Crippen LogP contribution is 2.42. The van der Waals surface area contributed by atoms with Gasteiger partial charge in [-0.05, 0) is 31.9 Å². The summed E-state index contributed by atoms with van der Waals surface area (Å²) in [7, 11) is 0. The minimum Gasteiger partial charge on any atom is -0.462 e. The van der Waals surface area contributed by atoms with Crippen molar-refractivity contribution < 1.29 is 9.53 Å². The largest absolute Gasteiger partial charge is 0.462 e. The van der Waals surface area contributed by atoms with Crippen molar-refractivity contribution in [2.24, 2.45) is 0 Å². The van der Waals surface area contributed by atoms with Crippen LogP contribution in [-0.2, 0) is 9.53 Å². The van der Waals surface area contributed by atoms with Crippen LogP contribution in [0.5, 0.6) is 0 Å². The molecule has 0 radical (unpaired) electrons. The van der Waals surface area contributed by atoms with Crippen molar-refractivity contribution in [3.05, 3.63) is 36.2 Å². The summed E-state index contributed by atoms with van der Waals surface area (Å²) in [6.07, 6.45) is 3.04. The maximum Gasteiger partial charge on any atom is 0.319 e. The van der Waals surface area contributed by atoms with Crippen molar-refractivity contribution in [3.63, 3.8) is 0 Å². The van der Waals surface area contributed by atoms with Crippen LogP contribution in [0, 0.1) is 0 Å². The first-order chi connectivity index (χ1) is 10.7. The molecule has 22 heavy (non-hydrogen) atoms. The van der Waals surface area contributed by atoms with Gasteiger partial charge in [0.15, 0.2) is 5.16 Å². The van der Waals surface area contributed by atoms with E-state index in [4.69, 9.17) is 4.74 Å². The lowest BCUT2D eigenvalue weighted by molar-refractivity contribution is -0.140. The number of hydrogen-bond donors (Lipinski definition) is 0. The predicted octanol–water partition coefficient (Wildman–Crippen LogP) is 2.94. The molecule has 0 amide bonds. The Morgan fingerprint density at radius 1 is 1.23 bits per heavy atom. The molecule has 1 aliphatic heterocycles. The zero-order chi connectivity index (χ0) is 15.1. The molecule has 1 saturated heterocycles. The summed E-state index contributed by atoms with van der Waals surface area (Å²) in [5.41, 5.74) is 1.05. The fourth-order valence-corrected chi connectivity index (χ4v) is 3.89. The number of thioether (sulfide) groups is 1. The van der Waals surface area contributed by atoms with Gasteiger partial charge in [-0.1, -0.05) is 30.0 Å². The van der Waals surface area contributed by atoms with Gasteiger partial charge in [-0.25, -0.2) is 0 Å². The minimum absolute atomic E-state index is 0.0130. The van der Waals surface area contributed by atoms with E-state index in [1.54, 1.807) is 0 Å². The fourth-order valence-electron chi connectivity index (χ4n) is 2.73. The van der Waals surface area contributed by atoms with E-state index in [1.165, 1.54) is 11.8 Å². The molecular weight excluding hydrogens is 298 g/mol. The molecular formula is C16H17N3O2S. The van der Waals surface area contributed by atoms with Gasteiger partial charge in [-0.15, -0.1) is 10.2 Å². The number of para-hydroxylation sites is 1. The second kappa shape index (κ2) is 5.43. The van der Waals surface area contributed by atoms with E-state index in [-0.39, 0.29) is 17.3 Å². The molecule has 0 unspecified atom stereocenters. The fraction of sp³-hybridized carbons (Fsp3) is 0.438. The molecule has 1 aliphatic carbocycles. The lowest BCUT2D eigenvalue weighted by atomic mass is 10.3. The standard InChI is InChI=1S/C16H17N3O2S/c1-10-9-13(15(20)21-10)22-16-18-17-14(11-7-8-11)19(16)12-5-3-2-4-6-12/h2-6,10-11,13H,7-9H2,1H3/t10-,13-/m1/s1. The number of rotatable bonds is 4. The Kier molecular flexibility index (Phi) is 3.41. The Morgan fingerprint density at radius 2 is 2.00 bits per heavy atom. The van der Waals surface area contributed by atoms with Gasteiger partial charge in [0.1, 0.15) is 17.2 Å². The van der Waals surface area contributed by atoms with Gasteiger partial charge in [0.25, 0.3) is 0 Å². The Bertz CT molecular complexity index is 697. The molecule has 1 aromatic heterocycles. The first-order valence-electron chi connectivity index (χ1n) is 7.60. The molecule has 0 spiro atoms. The van der Waals surface area contributed by atoms with Crippen LogP contribution in [0.4, 0.5) is 0 Å². The number of ether oxygens (including phenoxy) is 1. The highest BCUT2D eigenvalue weighted by Gasteiger charge is 2.36. The van der Waals surface area contributed by atoms with E-state index in [9.17, 15) is 4.79 Å². The summed E-state index contributed by atoms with van der Waals surface area (Å²) >= 11 is 1.47. The van der Waals surface area contributed by atoms with Crippen LogP contribution in [0.1, 0.15) is 37.9 Å². The molecule has 1 saturated carbocycles. The van der Waals surface area contributed by atoms with Gasteiger partial charge in [0, 0.05) is 18.0 Å². The van der Waals surface area contributed by atoms with Crippen molar-refractivity contribution in [1.82, 2.24) is 14.8 Å². The molecule has 6 heteroatoms. The number of hydrogen-bond acceptors (Lipinski definition) is 5. The van der Waals surface area contributed by atoms with Gasteiger partial charge in [-0.3, -0.25) is 9.36 Å².